The first-order valence-electron chi connectivity index (χ1n) is 6.42. The van der Waals surface area contributed by atoms with E-state index in [1.54, 1.807) is 6.92 Å². The molecule has 1 aromatic rings. The molecule has 19 heavy (non-hydrogen) atoms. The van der Waals surface area contributed by atoms with E-state index in [1.165, 1.54) is 5.56 Å². The van der Waals surface area contributed by atoms with E-state index in [1.807, 2.05) is 30.3 Å². The molecule has 0 spiro atoms. The Morgan fingerprint density at radius 2 is 1.89 bits per heavy atom. The highest BCUT2D eigenvalue weighted by atomic mass is 16.2. The van der Waals surface area contributed by atoms with Crippen LogP contribution in [0.4, 0.5) is 0 Å². The van der Waals surface area contributed by atoms with E-state index in [0.29, 0.717) is 6.54 Å². The van der Waals surface area contributed by atoms with Crippen molar-refractivity contribution in [2.24, 2.45) is 11.7 Å². The maximum Gasteiger partial charge on any atom is 0.239 e. The van der Waals surface area contributed by atoms with E-state index in [2.05, 4.69) is 10.6 Å². The van der Waals surface area contributed by atoms with Crippen LogP contribution in [0.2, 0.25) is 0 Å². The van der Waals surface area contributed by atoms with Gasteiger partial charge in [0.25, 0.3) is 0 Å². The lowest BCUT2D eigenvalue weighted by Crippen LogP contribution is -2.41. The molecule has 0 aliphatic carbocycles. The molecule has 0 aromatic heterocycles. The summed E-state index contributed by atoms with van der Waals surface area (Å²) in [4.78, 5) is 22.9. The van der Waals surface area contributed by atoms with Gasteiger partial charge in [0.15, 0.2) is 0 Å². The molecule has 0 aliphatic rings. The van der Waals surface area contributed by atoms with Crippen LogP contribution in [0.3, 0.4) is 0 Å². The second-order valence-electron chi connectivity index (χ2n) is 4.44. The second kappa shape index (κ2) is 8.26. The molecule has 0 heterocycles. The van der Waals surface area contributed by atoms with Gasteiger partial charge in [0, 0.05) is 19.0 Å². The van der Waals surface area contributed by atoms with E-state index >= 15 is 0 Å². The van der Waals surface area contributed by atoms with Crippen molar-refractivity contribution >= 4 is 11.8 Å². The van der Waals surface area contributed by atoms with Gasteiger partial charge in [-0.15, -0.1) is 0 Å². The number of nitrogens with two attached hydrogens (primary N) is 1. The van der Waals surface area contributed by atoms with Gasteiger partial charge in [0.2, 0.25) is 11.8 Å². The molecule has 0 fully saturated rings. The average Bonchev–Trinajstić information content (AvgIpc) is 2.45. The van der Waals surface area contributed by atoms with E-state index < -0.39 is 0 Å². The highest BCUT2D eigenvalue weighted by Crippen LogP contribution is 1.97. The summed E-state index contributed by atoms with van der Waals surface area (Å²) >= 11 is 0. The van der Waals surface area contributed by atoms with Gasteiger partial charge >= 0.3 is 0 Å². The van der Waals surface area contributed by atoms with Gasteiger partial charge in [0.1, 0.15) is 0 Å². The van der Waals surface area contributed by atoms with Crippen molar-refractivity contribution in [1.82, 2.24) is 10.6 Å². The van der Waals surface area contributed by atoms with Crippen molar-refractivity contribution in [3.8, 4) is 0 Å². The molecule has 0 bridgehead atoms. The standard InChI is InChI=1S/C14H21N3O2/c1-11(9-15)14(19)17-10-13(18)16-8-7-12-5-3-2-4-6-12/h2-6,11H,7-10,15H2,1H3,(H,16,18)(H,17,19). The topological polar surface area (TPSA) is 84.2 Å². The molecule has 0 aliphatic heterocycles. The molecule has 1 atom stereocenters. The van der Waals surface area contributed by atoms with Gasteiger partial charge in [0.05, 0.1) is 6.54 Å². The van der Waals surface area contributed by atoms with Gasteiger partial charge in [-0.3, -0.25) is 9.59 Å². The Morgan fingerprint density at radius 3 is 2.53 bits per heavy atom. The molecule has 4 N–H and O–H groups in total. The van der Waals surface area contributed by atoms with Crippen molar-refractivity contribution < 1.29 is 9.59 Å². The van der Waals surface area contributed by atoms with Gasteiger partial charge in [-0.2, -0.15) is 0 Å². The lowest BCUT2D eigenvalue weighted by Gasteiger charge is -2.10. The van der Waals surface area contributed by atoms with Crippen LogP contribution in [0.1, 0.15) is 12.5 Å². The van der Waals surface area contributed by atoms with Gasteiger partial charge in [-0.05, 0) is 12.0 Å². The summed E-state index contributed by atoms with van der Waals surface area (Å²) < 4.78 is 0. The molecular formula is C14H21N3O2. The molecule has 1 aromatic carbocycles. The summed E-state index contributed by atoms with van der Waals surface area (Å²) in [6.45, 7) is 2.56. The number of carbonyl (C=O) groups is 2. The lowest BCUT2D eigenvalue weighted by molar-refractivity contribution is -0.128. The Hall–Kier alpha value is -1.88. The van der Waals surface area contributed by atoms with Crippen LogP contribution in [-0.2, 0) is 16.0 Å². The number of amides is 2. The average molecular weight is 263 g/mol. The van der Waals surface area contributed by atoms with Gasteiger partial charge in [-0.1, -0.05) is 37.3 Å². The lowest BCUT2D eigenvalue weighted by atomic mass is 10.1. The molecule has 2 amide bonds. The van der Waals surface area contributed by atoms with Crippen molar-refractivity contribution in [2.45, 2.75) is 13.3 Å². The number of nitrogens with one attached hydrogen (secondary N) is 2. The van der Waals surface area contributed by atoms with Crippen molar-refractivity contribution in [3.63, 3.8) is 0 Å². The largest absolute Gasteiger partial charge is 0.354 e. The summed E-state index contributed by atoms with van der Waals surface area (Å²) in [5.41, 5.74) is 6.53. The van der Waals surface area contributed by atoms with Crippen LogP contribution in [0.5, 0.6) is 0 Å². The van der Waals surface area contributed by atoms with E-state index in [0.717, 1.165) is 6.42 Å². The summed E-state index contributed by atoms with van der Waals surface area (Å²) in [7, 11) is 0. The third-order valence-electron chi connectivity index (χ3n) is 2.80. The Bertz CT molecular complexity index is 406. The molecule has 1 unspecified atom stereocenters. The molecular weight excluding hydrogens is 242 g/mol. The second-order valence-corrected chi connectivity index (χ2v) is 4.44. The number of rotatable bonds is 7. The normalized spacial score (nSPS) is 11.7. The van der Waals surface area contributed by atoms with E-state index in [9.17, 15) is 9.59 Å². The first kappa shape index (κ1) is 15.2. The van der Waals surface area contributed by atoms with Gasteiger partial charge < -0.3 is 16.4 Å². The molecule has 5 heteroatoms. The molecule has 0 saturated carbocycles. The number of carbonyl (C=O) groups excluding carboxylic acids is 2. The van der Waals surface area contributed by atoms with Crippen LogP contribution in [0.15, 0.2) is 30.3 Å². The minimum atomic E-state index is -0.267. The fraction of sp³-hybridized carbons (Fsp3) is 0.429. The van der Waals surface area contributed by atoms with Crippen molar-refractivity contribution in [2.75, 3.05) is 19.6 Å². The molecule has 0 saturated heterocycles. The molecule has 5 nitrogen and oxygen atoms in total. The van der Waals surface area contributed by atoms with Crippen LogP contribution in [0.25, 0.3) is 0 Å². The molecule has 104 valence electrons. The fourth-order valence-corrected chi connectivity index (χ4v) is 1.50. The Morgan fingerprint density at radius 1 is 1.21 bits per heavy atom. The molecule has 1 rings (SSSR count). The van der Waals surface area contributed by atoms with Crippen LogP contribution >= 0.6 is 0 Å². The summed E-state index contributed by atoms with van der Waals surface area (Å²) in [6, 6.07) is 9.90. The number of benzene rings is 1. The predicted octanol–water partition coefficient (Wildman–Crippen LogP) is 0.0563. The first-order valence-corrected chi connectivity index (χ1v) is 6.42. The summed E-state index contributed by atoms with van der Waals surface area (Å²) in [5.74, 6) is -0.647. The van der Waals surface area contributed by atoms with Crippen molar-refractivity contribution in [3.05, 3.63) is 35.9 Å². The third-order valence-corrected chi connectivity index (χ3v) is 2.80. The van der Waals surface area contributed by atoms with Crippen LogP contribution < -0.4 is 16.4 Å². The predicted molar refractivity (Wildman–Crippen MR) is 74.4 cm³/mol. The quantitative estimate of drug-likeness (QED) is 0.650. The Kier molecular flexibility index (Phi) is 6.60. The zero-order valence-corrected chi connectivity index (χ0v) is 11.2. The maximum atomic E-state index is 11.5. The first-order chi connectivity index (χ1) is 9.13. The van der Waals surface area contributed by atoms with E-state index in [4.69, 9.17) is 5.73 Å². The highest BCUT2D eigenvalue weighted by molar-refractivity contribution is 5.85. The minimum Gasteiger partial charge on any atom is -0.354 e. The third kappa shape index (κ3) is 6.01. The zero-order valence-electron chi connectivity index (χ0n) is 11.2. The summed E-state index contributed by atoms with van der Waals surface area (Å²) in [5, 5.41) is 5.31. The minimum absolute atomic E-state index is 0.00202. The van der Waals surface area contributed by atoms with Crippen LogP contribution in [0, 0.1) is 5.92 Å². The van der Waals surface area contributed by atoms with E-state index in [-0.39, 0.29) is 30.8 Å². The highest BCUT2D eigenvalue weighted by Gasteiger charge is 2.11. The van der Waals surface area contributed by atoms with Crippen molar-refractivity contribution in [1.29, 1.82) is 0 Å². The fourth-order valence-electron chi connectivity index (χ4n) is 1.50. The van der Waals surface area contributed by atoms with Crippen LogP contribution in [-0.4, -0.2) is 31.4 Å². The number of hydrogen-bond donors (Lipinski definition) is 3. The smallest absolute Gasteiger partial charge is 0.239 e. The summed E-state index contributed by atoms with van der Waals surface area (Å²) in [6.07, 6.45) is 0.778. The SMILES string of the molecule is CC(CN)C(=O)NCC(=O)NCCc1ccccc1. The molecule has 0 radical (unpaired) electrons. The Labute approximate surface area is 113 Å². The zero-order chi connectivity index (χ0) is 14.1. The van der Waals surface area contributed by atoms with Gasteiger partial charge in [-0.25, -0.2) is 0 Å². The number of hydrogen-bond acceptors (Lipinski definition) is 3. The maximum absolute atomic E-state index is 11.5. The monoisotopic (exact) mass is 263 g/mol. The Balaban J connectivity index is 2.16.